The molecule has 0 spiro atoms. The molecular formula is C19H16Cl2NO5-. The van der Waals surface area contributed by atoms with Crippen molar-refractivity contribution in [2.24, 2.45) is 0 Å². The van der Waals surface area contributed by atoms with Crippen molar-refractivity contribution in [2.45, 2.75) is 18.8 Å². The number of halogens is 2. The van der Waals surface area contributed by atoms with E-state index in [0.29, 0.717) is 10.8 Å². The molecule has 8 heteroatoms. The van der Waals surface area contributed by atoms with Gasteiger partial charge in [0.05, 0.1) is 23.8 Å². The summed E-state index contributed by atoms with van der Waals surface area (Å²) < 4.78 is 5.03. The van der Waals surface area contributed by atoms with E-state index < -0.39 is 29.5 Å². The second-order valence-electron chi connectivity index (χ2n) is 5.83. The van der Waals surface area contributed by atoms with Crippen LogP contribution in [-0.2, 0) is 19.8 Å². The third-order valence-electron chi connectivity index (χ3n) is 4.16. The maximum atomic E-state index is 12.5. The summed E-state index contributed by atoms with van der Waals surface area (Å²) in [4.78, 5) is 36.7. The van der Waals surface area contributed by atoms with Crippen LogP contribution in [0.3, 0.4) is 0 Å². The van der Waals surface area contributed by atoms with E-state index >= 15 is 0 Å². The van der Waals surface area contributed by atoms with Gasteiger partial charge in [-0.25, -0.2) is 0 Å². The van der Waals surface area contributed by atoms with Crippen LogP contribution in [-0.4, -0.2) is 24.8 Å². The van der Waals surface area contributed by atoms with Gasteiger partial charge in [0.1, 0.15) is 16.9 Å². The maximum absolute atomic E-state index is 12.5. The molecule has 1 atom stereocenters. The molecule has 142 valence electrons. The predicted octanol–water partition coefficient (Wildman–Crippen LogP) is 2.61. The number of hydrogen-bond donors (Lipinski definition) is 1. The molecule has 0 fully saturated rings. The van der Waals surface area contributed by atoms with Gasteiger partial charge in [0, 0.05) is 11.4 Å². The SMILES string of the molecule is COc1ccc(C(CC(=O)Nc2cc(Cl)ccc2Cl)(C(C)=O)C(=O)[O-])cc1. The molecule has 0 radical (unpaired) electrons. The second-order valence-corrected chi connectivity index (χ2v) is 6.67. The van der Waals surface area contributed by atoms with E-state index in [1.54, 1.807) is 0 Å². The molecule has 27 heavy (non-hydrogen) atoms. The van der Waals surface area contributed by atoms with Gasteiger partial charge in [-0.05, 0) is 42.8 Å². The number of carboxylic acids is 1. The van der Waals surface area contributed by atoms with Crippen molar-refractivity contribution < 1.29 is 24.2 Å². The highest BCUT2D eigenvalue weighted by atomic mass is 35.5. The normalized spacial score (nSPS) is 12.7. The minimum atomic E-state index is -2.15. The van der Waals surface area contributed by atoms with Gasteiger partial charge < -0.3 is 20.0 Å². The zero-order valence-electron chi connectivity index (χ0n) is 14.5. The minimum absolute atomic E-state index is 0.114. The number of amides is 1. The van der Waals surface area contributed by atoms with Crippen LogP contribution in [0.25, 0.3) is 0 Å². The Balaban J connectivity index is 2.39. The van der Waals surface area contributed by atoms with Gasteiger partial charge in [-0.1, -0.05) is 35.3 Å². The van der Waals surface area contributed by atoms with Crippen LogP contribution >= 0.6 is 23.2 Å². The molecule has 0 aliphatic heterocycles. The van der Waals surface area contributed by atoms with Gasteiger partial charge >= 0.3 is 0 Å². The first-order chi connectivity index (χ1) is 12.7. The van der Waals surface area contributed by atoms with Crippen LogP contribution < -0.4 is 15.2 Å². The topological polar surface area (TPSA) is 95.5 Å². The number of ether oxygens (including phenoxy) is 1. The van der Waals surface area contributed by atoms with Crippen molar-refractivity contribution in [3.05, 3.63) is 58.1 Å². The van der Waals surface area contributed by atoms with Gasteiger partial charge in [-0.3, -0.25) is 9.59 Å². The molecule has 2 aromatic rings. The maximum Gasteiger partial charge on any atom is 0.226 e. The molecule has 2 rings (SSSR count). The standard InChI is InChI=1S/C19H17Cl2NO5/c1-11(23)19(18(25)26,12-3-6-14(27-2)7-4-12)10-17(24)22-16-9-13(20)5-8-15(16)21/h3-9H,10H2,1-2H3,(H,22,24)(H,25,26)/p-1. The van der Waals surface area contributed by atoms with E-state index in [4.69, 9.17) is 27.9 Å². The summed E-state index contributed by atoms with van der Waals surface area (Å²) in [7, 11) is 1.45. The molecular weight excluding hydrogens is 393 g/mol. The fraction of sp³-hybridized carbons (Fsp3) is 0.211. The number of ketones is 1. The fourth-order valence-electron chi connectivity index (χ4n) is 2.67. The Kier molecular flexibility index (Phi) is 6.46. The zero-order chi connectivity index (χ0) is 20.2. The van der Waals surface area contributed by atoms with Gasteiger partial charge in [-0.15, -0.1) is 0 Å². The van der Waals surface area contributed by atoms with Crippen LogP contribution in [0.15, 0.2) is 42.5 Å². The van der Waals surface area contributed by atoms with Gasteiger partial charge in [0.15, 0.2) is 0 Å². The van der Waals surface area contributed by atoms with Gasteiger partial charge in [0.25, 0.3) is 0 Å². The van der Waals surface area contributed by atoms with Crippen molar-refractivity contribution in [1.29, 1.82) is 0 Å². The van der Waals surface area contributed by atoms with E-state index in [1.165, 1.54) is 49.6 Å². The summed E-state index contributed by atoms with van der Waals surface area (Å²) in [6, 6.07) is 10.3. The Labute approximate surface area is 166 Å². The van der Waals surface area contributed by atoms with Crippen molar-refractivity contribution in [3.8, 4) is 5.75 Å². The molecule has 0 heterocycles. The minimum Gasteiger partial charge on any atom is -0.549 e. The number of carbonyl (C=O) groups is 3. The smallest absolute Gasteiger partial charge is 0.226 e. The van der Waals surface area contributed by atoms with Gasteiger partial charge in [-0.2, -0.15) is 0 Å². The molecule has 0 aliphatic carbocycles. The van der Waals surface area contributed by atoms with E-state index in [2.05, 4.69) is 5.32 Å². The molecule has 0 saturated carbocycles. The Hall–Kier alpha value is -2.57. The molecule has 1 N–H and O–H groups in total. The van der Waals surface area contributed by atoms with Crippen LogP contribution in [0.1, 0.15) is 18.9 Å². The number of methoxy groups -OCH3 is 1. The monoisotopic (exact) mass is 408 g/mol. The predicted molar refractivity (Wildman–Crippen MR) is 100 cm³/mol. The summed E-state index contributed by atoms with van der Waals surface area (Å²) in [5, 5.41) is 15.0. The first-order valence-electron chi connectivity index (χ1n) is 7.82. The lowest BCUT2D eigenvalue weighted by atomic mass is 9.74. The number of Topliss-reactive ketones (excluding diaryl/α,β-unsaturated/α-hetero) is 1. The van der Waals surface area contributed by atoms with Crippen molar-refractivity contribution in [1.82, 2.24) is 0 Å². The third-order valence-corrected chi connectivity index (χ3v) is 4.73. The average Bonchev–Trinajstić information content (AvgIpc) is 2.62. The number of carboxylic acid groups (broad SMARTS) is 1. The largest absolute Gasteiger partial charge is 0.549 e. The number of benzene rings is 2. The van der Waals surface area contributed by atoms with E-state index in [1.807, 2.05) is 0 Å². The van der Waals surface area contributed by atoms with E-state index in [-0.39, 0.29) is 16.3 Å². The average molecular weight is 409 g/mol. The van der Waals surface area contributed by atoms with Crippen molar-refractivity contribution in [2.75, 3.05) is 12.4 Å². The highest BCUT2D eigenvalue weighted by Gasteiger charge is 2.41. The molecule has 0 aliphatic rings. The Morgan fingerprint density at radius 1 is 1.11 bits per heavy atom. The van der Waals surface area contributed by atoms with Crippen LogP contribution in [0.4, 0.5) is 5.69 Å². The molecule has 0 saturated heterocycles. The highest BCUT2D eigenvalue weighted by molar-refractivity contribution is 6.35. The summed E-state index contributed by atoms with van der Waals surface area (Å²) >= 11 is 11.9. The van der Waals surface area contributed by atoms with Crippen LogP contribution in [0.2, 0.25) is 10.0 Å². The lowest BCUT2D eigenvalue weighted by Crippen LogP contribution is -2.52. The first-order valence-corrected chi connectivity index (χ1v) is 8.58. The lowest BCUT2D eigenvalue weighted by molar-refractivity contribution is -0.312. The van der Waals surface area contributed by atoms with Crippen molar-refractivity contribution in [3.63, 3.8) is 0 Å². The number of aliphatic carboxylic acids is 1. The first kappa shape index (κ1) is 20.7. The van der Waals surface area contributed by atoms with E-state index in [0.717, 1.165) is 6.92 Å². The molecule has 2 aromatic carbocycles. The Morgan fingerprint density at radius 3 is 2.26 bits per heavy atom. The van der Waals surface area contributed by atoms with Gasteiger partial charge in [0.2, 0.25) is 5.91 Å². The number of anilines is 1. The number of nitrogens with one attached hydrogen (secondary N) is 1. The van der Waals surface area contributed by atoms with Crippen LogP contribution in [0, 0.1) is 0 Å². The number of hydrogen-bond acceptors (Lipinski definition) is 5. The molecule has 1 unspecified atom stereocenters. The van der Waals surface area contributed by atoms with Crippen molar-refractivity contribution >= 4 is 46.5 Å². The Morgan fingerprint density at radius 2 is 1.74 bits per heavy atom. The lowest BCUT2D eigenvalue weighted by Gasteiger charge is -2.32. The zero-order valence-corrected chi connectivity index (χ0v) is 16.1. The third kappa shape index (κ3) is 4.40. The Bertz CT molecular complexity index is 866. The number of carbonyl (C=O) groups excluding carboxylic acids is 3. The molecule has 0 bridgehead atoms. The summed E-state index contributed by atoms with van der Waals surface area (Å²) in [5.41, 5.74) is -1.83. The summed E-state index contributed by atoms with van der Waals surface area (Å²) in [6.45, 7) is 1.10. The molecule has 1 amide bonds. The van der Waals surface area contributed by atoms with E-state index in [9.17, 15) is 19.5 Å². The summed E-state index contributed by atoms with van der Waals surface area (Å²) in [5.74, 6) is -2.66. The molecule has 0 aromatic heterocycles. The molecule has 6 nitrogen and oxygen atoms in total. The van der Waals surface area contributed by atoms with Crippen LogP contribution in [0.5, 0.6) is 5.75 Å². The quantitative estimate of drug-likeness (QED) is 0.710. The highest BCUT2D eigenvalue weighted by Crippen LogP contribution is 2.32. The second kappa shape index (κ2) is 8.41. The fourth-order valence-corrected chi connectivity index (χ4v) is 3.00. The number of rotatable bonds is 7. The summed E-state index contributed by atoms with van der Waals surface area (Å²) in [6.07, 6.45) is -0.667.